The van der Waals surface area contributed by atoms with E-state index in [-0.39, 0.29) is 10.6 Å². The highest BCUT2D eigenvalue weighted by atomic mass is 32.2. The fourth-order valence-electron chi connectivity index (χ4n) is 3.70. The number of non-ortho nitro benzene ring substituents is 1. The van der Waals surface area contributed by atoms with Crippen LogP contribution in [0.4, 0.5) is 10.8 Å². The lowest BCUT2D eigenvalue weighted by Gasteiger charge is -2.31. The number of nitro benzene ring substituents is 1. The van der Waals surface area contributed by atoms with Crippen LogP contribution >= 0.6 is 11.3 Å². The van der Waals surface area contributed by atoms with Crippen LogP contribution in [0.3, 0.4) is 0 Å². The van der Waals surface area contributed by atoms with E-state index in [4.69, 9.17) is 9.72 Å². The van der Waals surface area contributed by atoms with E-state index in [2.05, 4.69) is 4.90 Å². The molecule has 1 aliphatic heterocycles. The predicted octanol–water partition coefficient (Wildman–Crippen LogP) is 4.17. The van der Waals surface area contributed by atoms with Crippen LogP contribution in [0.15, 0.2) is 58.8 Å². The highest BCUT2D eigenvalue weighted by Crippen LogP contribution is 2.35. The average Bonchev–Trinajstić information content (AvgIpc) is 3.29. The number of aromatic nitrogens is 1. The van der Waals surface area contributed by atoms with Gasteiger partial charge in [-0.1, -0.05) is 12.1 Å². The number of sulfone groups is 1. The molecule has 2 aromatic carbocycles. The summed E-state index contributed by atoms with van der Waals surface area (Å²) < 4.78 is 31.3. The topological polar surface area (TPSA) is 103 Å². The largest absolute Gasteiger partial charge is 0.496 e. The Bertz CT molecular complexity index is 1180. The van der Waals surface area contributed by atoms with Crippen LogP contribution in [0, 0.1) is 10.1 Å². The minimum atomic E-state index is -3.54. The summed E-state index contributed by atoms with van der Waals surface area (Å²) in [7, 11) is -1.91. The number of nitro groups is 1. The number of benzene rings is 2. The zero-order valence-electron chi connectivity index (χ0n) is 16.8. The molecule has 4 rings (SSSR count). The number of anilines is 1. The van der Waals surface area contributed by atoms with Gasteiger partial charge in [0.2, 0.25) is 0 Å². The Labute approximate surface area is 184 Å². The standard InChI is InChI=1S/C21H21N3O5S2/c1-29-20-5-3-2-4-18(20)19-14-30-21(22-19)23-12-10-17(11-13-23)31(27,28)16-8-6-15(7-9-16)24(25)26/h2-9,14,17H,10-13H2,1H3. The van der Waals surface area contributed by atoms with Gasteiger partial charge in [-0.2, -0.15) is 0 Å². The number of para-hydroxylation sites is 1. The van der Waals surface area contributed by atoms with E-state index in [1.807, 2.05) is 29.6 Å². The van der Waals surface area contributed by atoms with Gasteiger partial charge in [-0.15, -0.1) is 11.3 Å². The lowest BCUT2D eigenvalue weighted by Crippen LogP contribution is -2.39. The molecule has 1 aromatic heterocycles. The molecule has 0 bridgehead atoms. The monoisotopic (exact) mass is 459 g/mol. The Morgan fingerprint density at radius 2 is 1.81 bits per heavy atom. The number of ether oxygens (including phenoxy) is 1. The number of nitrogens with zero attached hydrogens (tertiary/aromatic N) is 3. The maximum Gasteiger partial charge on any atom is 0.269 e. The zero-order chi connectivity index (χ0) is 22.0. The zero-order valence-corrected chi connectivity index (χ0v) is 18.4. The molecule has 0 saturated carbocycles. The lowest BCUT2D eigenvalue weighted by molar-refractivity contribution is -0.384. The summed E-state index contributed by atoms with van der Waals surface area (Å²) in [5.74, 6) is 0.757. The molecule has 0 atom stereocenters. The van der Waals surface area contributed by atoms with Gasteiger partial charge in [0.05, 0.1) is 27.9 Å². The van der Waals surface area contributed by atoms with Crippen LogP contribution in [0.1, 0.15) is 12.8 Å². The van der Waals surface area contributed by atoms with E-state index in [1.54, 1.807) is 7.11 Å². The predicted molar refractivity (Wildman–Crippen MR) is 120 cm³/mol. The van der Waals surface area contributed by atoms with E-state index in [9.17, 15) is 18.5 Å². The van der Waals surface area contributed by atoms with Crippen molar-refractivity contribution in [2.75, 3.05) is 25.1 Å². The van der Waals surface area contributed by atoms with Gasteiger partial charge >= 0.3 is 0 Å². The van der Waals surface area contributed by atoms with Crippen molar-refractivity contribution in [2.24, 2.45) is 0 Å². The van der Waals surface area contributed by atoms with Gasteiger partial charge in [0.25, 0.3) is 5.69 Å². The fraction of sp³-hybridized carbons (Fsp3) is 0.286. The van der Waals surface area contributed by atoms with Gasteiger partial charge in [0.15, 0.2) is 15.0 Å². The first kappa shape index (κ1) is 21.3. The van der Waals surface area contributed by atoms with Gasteiger partial charge in [0, 0.05) is 36.2 Å². The normalized spacial score (nSPS) is 15.1. The molecule has 1 aliphatic rings. The van der Waals surface area contributed by atoms with Crippen molar-refractivity contribution in [1.29, 1.82) is 0 Å². The Hall–Kier alpha value is -2.98. The molecule has 0 aliphatic carbocycles. The van der Waals surface area contributed by atoms with Crippen molar-refractivity contribution in [3.8, 4) is 17.0 Å². The number of methoxy groups -OCH3 is 1. The third-order valence-corrected chi connectivity index (χ3v) is 8.58. The fourth-order valence-corrected chi connectivity index (χ4v) is 6.31. The minimum Gasteiger partial charge on any atom is -0.496 e. The van der Waals surface area contributed by atoms with Crippen LogP contribution in [-0.4, -0.2) is 43.8 Å². The van der Waals surface area contributed by atoms with Gasteiger partial charge in [0.1, 0.15) is 5.75 Å². The van der Waals surface area contributed by atoms with Gasteiger partial charge in [-0.3, -0.25) is 10.1 Å². The maximum atomic E-state index is 13.0. The van der Waals surface area contributed by atoms with Gasteiger partial charge in [-0.25, -0.2) is 13.4 Å². The Morgan fingerprint density at radius 1 is 1.13 bits per heavy atom. The summed E-state index contributed by atoms with van der Waals surface area (Å²) in [5, 5.41) is 13.1. The van der Waals surface area contributed by atoms with Crippen molar-refractivity contribution < 1.29 is 18.1 Å². The van der Waals surface area contributed by atoms with E-state index < -0.39 is 20.0 Å². The molecule has 2 heterocycles. The molecular weight excluding hydrogens is 438 g/mol. The molecule has 1 saturated heterocycles. The highest BCUT2D eigenvalue weighted by molar-refractivity contribution is 7.92. The van der Waals surface area contributed by atoms with E-state index in [0.717, 1.165) is 22.1 Å². The van der Waals surface area contributed by atoms with E-state index >= 15 is 0 Å². The summed E-state index contributed by atoms with van der Waals surface area (Å²) in [6, 6.07) is 12.8. The third-order valence-electron chi connectivity index (χ3n) is 5.40. The number of hydrogen-bond donors (Lipinski definition) is 0. The first-order chi connectivity index (χ1) is 14.9. The molecule has 0 radical (unpaired) electrons. The molecule has 3 aromatic rings. The number of hydrogen-bond acceptors (Lipinski definition) is 8. The quantitative estimate of drug-likeness (QED) is 0.403. The molecule has 162 valence electrons. The lowest BCUT2D eigenvalue weighted by atomic mass is 10.1. The second-order valence-corrected chi connectivity index (χ2v) is 10.3. The Morgan fingerprint density at radius 3 is 2.45 bits per heavy atom. The molecule has 0 N–H and O–H groups in total. The van der Waals surface area contributed by atoms with Crippen molar-refractivity contribution in [2.45, 2.75) is 23.0 Å². The second kappa shape index (κ2) is 8.64. The summed E-state index contributed by atoms with van der Waals surface area (Å²) in [6.45, 7) is 1.16. The van der Waals surface area contributed by atoms with Gasteiger partial charge < -0.3 is 9.64 Å². The number of piperidine rings is 1. The molecule has 0 unspecified atom stereocenters. The molecule has 0 amide bonds. The smallest absolute Gasteiger partial charge is 0.269 e. The van der Waals surface area contributed by atoms with Crippen molar-refractivity contribution in [3.63, 3.8) is 0 Å². The molecule has 8 nitrogen and oxygen atoms in total. The van der Waals surface area contributed by atoms with Crippen LogP contribution < -0.4 is 9.64 Å². The van der Waals surface area contributed by atoms with Crippen LogP contribution in [0.25, 0.3) is 11.3 Å². The number of rotatable bonds is 6. The second-order valence-electron chi connectivity index (χ2n) is 7.20. The van der Waals surface area contributed by atoms with Crippen LogP contribution in [0.2, 0.25) is 0 Å². The SMILES string of the molecule is COc1ccccc1-c1csc(N2CCC(S(=O)(=O)c3ccc([N+](=O)[O-])cc3)CC2)n1. The first-order valence-electron chi connectivity index (χ1n) is 9.72. The summed E-state index contributed by atoms with van der Waals surface area (Å²) in [4.78, 5) is 17.2. The average molecular weight is 460 g/mol. The summed E-state index contributed by atoms with van der Waals surface area (Å²) in [6.07, 6.45) is 0.950. The Balaban J connectivity index is 1.45. The van der Waals surface area contributed by atoms with E-state index in [1.165, 1.54) is 35.6 Å². The molecular formula is C21H21N3O5S2. The first-order valence-corrected chi connectivity index (χ1v) is 12.1. The van der Waals surface area contributed by atoms with Crippen LogP contribution in [0.5, 0.6) is 5.75 Å². The molecule has 31 heavy (non-hydrogen) atoms. The molecule has 1 fully saturated rings. The van der Waals surface area contributed by atoms with E-state index in [0.29, 0.717) is 25.9 Å². The molecule has 0 spiro atoms. The van der Waals surface area contributed by atoms with Crippen molar-refractivity contribution in [1.82, 2.24) is 4.98 Å². The third kappa shape index (κ3) is 4.26. The van der Waals surface area contributed by atoms with Gasteiger partial charge in [-0.05, 0) is 37.1 Å². The molecule has 10 heteroatoms. The number of thiazole rings is 1. The van der Waals surface area contributed by atoms with Crippen molar-refractivity contribution >= 4 is 32.0 Å². The van der Waals surface area contributed by atoms with Crippen molar-refractivity contribution in [3.05, 3.63) is 64.0 Å². The minimum absolute atomic E-state index is 0.122. The summed E-state index contributed by atoms with van der Waals surface area (Å²) >= 11 is 1.53. The van der Waals surface area contributed by atoms with Crippen LogP contribution in [-0.2, 0) is 9.84 Å². The highest BCUT2D eigenvalue weighted by Gasteiger charge is 2.32. The summed E-state index contributed by atoms with van der Waals surface area (Å²) in [5.41, 5.74) is 1.63. The Kier molecular flexibility index (Phi) is 5.92. The maximum absolute atomic E-state index is 13.0.